The van der Waals surface area contributed by atoms with Crippen LogP contribution in [0.1, 0.15) is 52.4 Å². The van der Waals surface area contributed by atoms with Crippen molar-refractivity contribution in [1.29, 1.82) is 0 Å². The van der Waals surface area contributed by atoms with Gasteiger partial charge in [0.2, 0.25) is 0 Å². The van der Waals surface area contributed by atoms with Crippen LogP contribution in [-0.4, -0.2) is 24.0 Å². The Morgan fingerprint density at radius 1 is 1.40 bits per heavy atom. The molecule has 1 aliphatic carbocycles. The summed E-state index contributed by atoms with van der Waals surface area (Å²) < 4.78 is 0. The fourth-order valence-electron chi connectivity index (χ4n) is 3.45. The summed E-state index contributed by atoms with van der Waals surface area (Å²) in [7, 11) is 2.33. The molecule has 0 radical (unpaired) electrons. The van der Waals surface area contributed by atoms with Gasteiger partial charge in [0.25, 0.3) is 0 Å². The van der Waals surface area contributed by atoms with E-state index in [1.807, 2.05) is 0 Å². The molecule has 1 heterocycles. The number of hydrogen-bond acceptors (Lipinski definition) is 1. The maximum atomic E-state index is 4.10. The molecule has 0 spiro atoms. The predicted octanol–water partition coefficient (Wildman–Crippen LogP) is 3.61. The standard InChI is InChI=1S/C14H25N/c1-11(2)10-14(8-9-14)13-7-5-6-12(3)15(13)4/h12-13H,1,5-10H2,2-4H3. The minimum absolute atomic E-state index is 0.620. The Kier molecular flexibility index (Phi) is 2.94. The second kappa shape index (κ2) is 3.93. The van der Waals surface area contributed by atoms with Crippen LogP contribution in [0.2, 0.25) is 0 Å². The first-order valence-corrected chi connectivity index (χ1v) is 6.41. The van der Waals surface area contributed by atoms with E-state index in [0.29, 0.717) is 5.41 Å². The van der Waals surface area contributed by atoms with Crippen LogP contribution in [0.3, 0.4) is 0 Å². The number of rotatable bonds is 3. The van der Waals surface area contributed by atoms with Gasteiger partial charge >= 0.3 is 0 Å². The van der Waals surface area contributed by atoms with Crippen molar-refractivity contribution in [3.05, 3.63) is 12.2 Å². The smallest absolute Gasteiger partial charge is 0.0154 e. The van der Waals surface area contributed by atoms with Crippen LogP contribution in [0.4, 0.5) is 0 Å². The molecular weight excluding hydrogens is 182 g/mol. The zero-order valence-electron chi connectivity index (χ0n) is 10.6. The molecule has 0 N–H and O–H groups in total. The number of allylic oxidation sites excluding steroid dienone is 1. The molecule has 15 heavy (non-hydrogen) atoms. The topological polar surface area (TPSA) is 3.24 Å². The Labute approximate surface area is 94.5 Å². The molecule has 0 aromatic heterocycles. The molecule has 1 heteroatoms. The van der Waals surface area contributed by atoms with Gasteiger partial charge in [-0.1, -0.05) is 12.0 Å². The molecule has 86 valence electrons. The molecule has 1 saturated carbocycles. The van der Waals surface area contributed by atoms with Crippen molar-refractivity contribution in [1.82, 2.24) is 4.90 Å². The number of hydrogen-bond donors (Lipinski definition) is 0. The summed E-state index contributed by atoms with van der Waals surface area (Å²) in [5.74, 6) is 0. The third-order valence-corrected chi connectivity index (χ3v) is 4.54. The molecule has 0 aromatic rings. The molecule has 1 nitrogen and oxygen atoms in total. The summed E-state index contributed by atoms with van der Waals surface area (Å²) in [6.07, 6.45) is 8.34. The van der Waals surface area contributed by atoms with Crippen molar-refractivity contribution in [2.45, 2.75) is 64.5 Å². The first-order valence-electron chi connectivity index (χ1n) is 6.41. The van der Waals surface area contributed by atoms with Crippen molar-refractivity contribution < 1.29 is 0 Å². The molecule has 2 atom stereocenters. The highest BCUT2D eigenvalue weighted by Crippen LogP contribution is 2.56. The lowest BCUT2D eigenvalue weighted by Crippen LogP contribution is -2.47. The molecular formula is C14H25N. The van der Waals surface area contributed by atoms with E-state index in [1.165, 1.54) is 44.1 Å². The lowest BCUT2D eigenvalue weighted by atomic mass is 9.82. The van der Waals surface area contributed by atoms with Gasteiger partial charge in [0.15, 0.2) is 0 Å². The fourth-order valence-corrected chi connectivity index (χ4v) is 3.45. The molecule has 2 rings (SSSR count). The maximum absolute atomic E-state index is 4.10. The van der Waals surface area contributed by atoms with Crippen LogP contribution in [0, 0.1) is 5.41 Å². The van der Waals surface area contributed by atoms with Gasteiger partial charge in [-0.05, 0) is 58.4 Å². The SMILES string of the molecule is C=C(C)CC1(C2CCCC(C)N2C)CC1. The van der Waals surface area contributed by atoms with E-state index in [0.717, 1.165) is 12.1 Å². The lowest BCUT2D eigenvalue weighted by molar-refractivity contribution is 0.0710. The monoisotopic (exact) mass is 207 g/mol. The van der Waals surface area contributed by atoms with E-state index in [4.69, 9.17) is 0 Å². The van der Waals surface area contributed by atoms with Crippen molar-refractivity contribution in [3.8, 4) is 0 Å². The third kappa shape index (κ3) is 2.13. The van der Waals surface area contributed by atoms with Gasteiger partial charge in [0.1, 0.15) is 0 Å². The van der Waals surface area contributed by atoms with Crippen molar-refractivity contribution in [3.63, 3.8) is 0 Å². The number of piperidine rings is 1. The Morgan fingerprint density at radius 3 is 2.60 bits per heavy atom. The average molecular weight is 207 g/mol. The minimum atomic E-state index is 0.620. The first kappa shape index (κ1) is 11.2. The summed E-state index contributed by atoms with van der Waals surface area (Å²) in [6.45, 7) is 8.67. The molecule has 0 amide bonds. The van der Waals surface area contributed by atoms with Gasteiger partial charge in [-0.2, -0.15) is 0 Å². The molecule has 1 saturated heterocycles. The Morgan fingerprint density at radius 2 is 2.07 bits per heavy atom. The third-order valence-electron chi connectivity index (χ3n) is 4.54. The lowest BCUT2D eigenvalue weighted by Gasteiger charge is -2.43. The van der Waals surface area contributed by atoms with Crippen molar-refractivity contribution >= 4 is 0 Å². The van der Waals surface area contributed by atoms with E-state index in [9.17, 15) is 0 Å². The minimum Gasteiger partial charge on any atom is -0.300 e. The number of likely N-dealkylation sites (tertiary alicyclic amines) is 1. The van der Waals surface area contributed by atoms with Gasteiger partial charge in [-0.3, -0.25) is 0 Å². The largest absolute Gasteiger partial charge is 0.300 e. The van der Waals surface area contributed by atoms with Crippen LogP contribution in [-0.2, 0) is 0 Å². The van der Waals surface area contributed by atoms with Gasteiger partial charge in [-0.15, -0.1) is 6.58 Å². The summed E-state index contributed by atoms with van der Waals surface area (Å²) in [6, 6.07) is 1.62. The van der Waals surface area contributed by atoms with E-state index in [1.54, 1.807) is 0 Å². The zero-order chi connectivity index (χ0) is 11.1. The van der Waals surface area contributed by atoms with E-state index in [2.05, 4.69) is 32.4 Å². The van der Waals surface area contributed by atoms with Crippen LogP contribution >= 0.6 is 0 Å². The summed E-state index contributed by atoms with van der Waals surface area (Å²) in [5, 5.41) is 0. The maximum Gasteiger partial charge on any atom is 0.0154 e. The predicted molar refractivity (Wildman–Crippen MR) is 66.0 cm³/mol. The molecule has 0 aromatic carbocycles. The summed E-state index contributed by atoms with van der Waals surface area (Å²) in [4.78, 5) is 2.64. The second-order valence-electron chi connectivity index (χ2n) is 5.96. The van der Waals surface area contributed by atoms with Crippen molar-refractivity contribution in [2.24, 2.45) is 5.41 Å². The van der Waals surface area contributed by atoms with E-state index < -0.39 is 0 Å². The second-order valence-corrected chi connectivity index (χ2v) is 5.96. The fraction of sp³-hybridized carbons (Fsp3) is 0.857. The first-order chi connectivity index (χ1) is 7.05. The van der Waals surface area contributed by atoms with E-state index >= 15 is 0 Å². The van der Waals surface area contributed by atoms with Crippen molar-refractivity contribution in [2.75, 3.05) is 7.05 Å². The van der Waals surface area contributed by atoms with Gasteiger partial charge in [0, 0.05) is 12.1 Å². The van der Waals surface area contributed by atoms with Crippen LogP contribution < -0.4 is 0 Å². The Hall–Kier alpha value is -0.300. The van der Waals surface area contributed by atoms with Crippen LogP contribution in [0.5, 0.6) is 0 Å². The number of nitrogens with zero attached hydrogens (tertiary/aromatic N) is 1. The zero-order valence-corrected chi connectivity index (χ0v) is 10.6. The molecule has 2 unspecified atom stereocenters. The molecule has 2 aliphatic rings. The highest BCUT2D eigenvalue weighted by molar-refractivity contribution is 5.10. The summed E-state index contributed by atoms with van der Waals surface area (Å²) >= 11 is 0. The van der Waals surface area contributed by atoms with Gasteiger partial charge < -0.3 is 4.90 Å². The molecule has 2 fully saturated rings. The van der Waals surface area contributed by atoms with Gasteiger partial charge in [-0.25, -0.2) is 0 Å². The van der Waals surface area contributed by atoms with E-state index in [-0.39, 0.29) is 0 Å². The highest BCUT2D eigenvalue weighted by Gasteiger charge is 2.51. The Bertz CT molecular complexity index is 252. The average Bonchev–Trinajstić information content (AvgIpc) is 2.89. The molecule has 0 bridgehead atoms. The van der Waals surface area contributed by atoms with Crippen LogP contribution in [0.25, 0.3) is 0 Å². The quantitative estimate of drug-likeness (QED) is 0.639. The Balaban J connectivity index is 2.05. The molecule has 1 aliphatic heterocycles. The van der Waals surface area contributed by atoms with Crippen LogP contribution in [0.15, 0.2) is 12.2 Å². The summed E-state index contributed by atoms with van der Waals surface area (Å²) in [5.41, 5.74) is 1.99. The van der Waals surface area contributed by atoms with Gasteiger partial charge in [0.05, 0.1) is 0 Å². The normalized spacial score (nSPS) is 35.1. The highest BCUT2D eigenvalue weighted by atomic mass is 15.2.